The summed E-state index contributed by atoms with van der Waals surface area (Å²) < 4.78 is 23.8. The Labute approximate surface area is 132 Å². The van der Waals surface area contributed by atoms with Gasteiger partial charge in [0.25, 0.3) is 0 Å². The minimum absolute atomic E-state index is 0.0255. The minimum atomic E-state index is -0.314. The first-order chi connectivity index (χ1) is 10.7. The molecule has 0 aliphatic carbocycles. The lowest BCUT2D eigenvalue weighted by atomic mass is 9.84. The highest BCUT2D eigenvalue weighted by atomic mass is 16.7. The van der Waals surface area contributed by atoms with Crippen LogP contribution in [0.2, 0.25) is 0 Å². The lowest BCUT2D eigenvalue weighted by Crippen LogP contribution is -2.55. The molecule has 0 radical (unpaired) electrons. The third-order valence-corrected chi connectivity index (χ3v) is 4.59. The Bertz CT molecular complexity index is 487. The Balaban J connectivity index is 1.69. The van der Waals surface area contributed by atoms with Gasteiger partial charge in [0.05, 0.1) is 19.3 Å². The molecule has 4 heteroatoms. The van der Waals surface area contributed by atoms with Crippen molar-refractivity contribution in [3.8, 4) is 0 Å². The van der Waals surface area contributed by atoms with Crippen LogP contribution in [0.25, 0.3) is 0 Å². The molecule has 1 aromatic carbocycles. The van der Waals surface area contributed by atoms with Gasteiger partial charge < -0.3 is 18.9 Å². The maximum Gasteiger partial charge on any atom is 0.184 e. The Morgan fingerprint density at radius 3 is 2.68 bits per heavy atom. The summed E-state index contributed by atoms with van der Waals surface area (Å²) in [4.78, 5) is 0. The Morgan fingerprint density at radius 2 is 1.95 bits per heavy atom. The molecule has 120 valence electrons. The first kappa shape index (κ1) is 15.7. The molecule has 0 amide bonds. The summed E-state index contributed by atoms with van der Waals surface area (Å²) in [5.74, 6) is 0.597. The highest BCUT2D eigenvalue weighted by Gasteiger charge is 2.46. The van der Waals surface area contributed by atoms with E-state index < -0.39 is 0 Å². The smallest absolute Gasteiger partial charge is 0.184 e. The molecule has 0 saturated carbocycles. The monoisotopic (exact) mass is 304 g/mol. The summed E-state index contributed by atoms with van der Waals surface area (Å²) >= 11 is 0. The molecule has 0 N–H and O–H groups in total. The maximum absolute atomic E-state index is 6.19. The molecule has 0 bridgehead atoms. The SMILES string of the molecule is C=CCOC1OC2COC(c3ccccc3)O[C@H]2[C@H](C)C1C. The third kappa shape index (κ3) is 3.10. The van der Waals surface area contributed by atoms with Crippen molar-refractivity contribution in [2.45, 2.75) is 38.6 Å². The summed E-state index contributed by atoms with van der Waals surface area (Å²) in [6.07, 6.45) is 1.14. The van der Waals surface area contributed by atoms with Crippen LogP contribution in [0.15, 0.2) is 43.0 Å². The Morgan fingerprint density at radius 1 is 1.18 bits per heavy atom. The highest BCUT2D eigenvalue weighted by Crippen LogP contribution is 2.39. The van der Waals surface area contributed by atoms with E-state index in [1.807, 2.05) is 30.3 Å². The maximum atomic E-state index is 6.19. The number of fused-ring (bicyclic) bond motifs is 1. The van der Waals surface area contributed by atoms with Gasteiger partial charge in [0, 0.05) is 11.5 Å². The van der Waals surface area contributed by atoms with Crippen molar-refractivity contribution in [1.82, 2.24) is 0 Å². The molecule has 4 unspecified atom stereocenters. The summed E-state index contributed by atoms with van der Waals surface area (Å²) in [6, 6.07) is 10.0. The van der Waals surface area contributed by atoms with Gasteiger partial charge in [-0.2, -0.15) is 0 Å². The third-order valence-electron chi connectivity index (χ3n) is 4.59. The van der Waals surface area contributed by atoms with E-state index in [-0.39, 0.29) is 30.7 Å². The summed E-state index contributed by atoms with van der Waals surface area (Å²) in [6.45, 7) is 9.04. The normalized spacial score (nSPS) is 38.3. The van der Waals surface area contributed by atoms with Gasteiger partial charge in [0.15, 0.2) is 12.6 Å². The lowest BCUT2D eigenvalue weighted by molar-refractivity contribution is -0.341. The molecule has 0 aromatic heterocycles. The van der Waals surface area contributed by atoms with Gasteiger partial charge >= 0.3 is 0 Å². The topological polar surface area (TPSA) is 36.9 Å². The number of benzene rings is 1. The van der Waals surface area contributed by atoms with Crippen molar-refractivity contribution in [1.29, 1.82) is 0 Å². The first-order valence-corrected chi connectivity index (χ1v) is 7.90. The second-order valence-electron chi connectivity index (χ2n) is 6.06. The van der Waals surface area contributed by atoms with E-state index in [9.17, 15) is 0 Å². The molecule has 2 heterocycles. The van der Waals surface area contributed by atoms with Crippen LogP contribution in [0.1, 0.15) is 25.7 Å². The highest BCUT2D eigenvalue weighted by molar-refractivity contribution is 5.16. The van der Waals surface area contributed by atoms with Gasteiger partial charge in [-0.1, -0.05) is 50.3 Å². The molecular formula is C18H24O4. The van der Waals surface area contributed by atoms with Crippen LogP contribution in [0.4, 0.5) is 0 Å². The van der Waals surface area contributed by atoms with Crippen molar-refractivity contribution < 1.29 is 18.9 Å². The summed E-state index contributed by atoms with van der Waals surface area (Å²) in [7, 11) is 0. The fourth-order valence-electron chi connectivity index (χ4n) is 3.11. The summed E-state index contributed by atoms with van der Waals surface area (Å²) in [5.41, 5.74) is 1.05. The number of ether oxygens (including phenoxy) is 4. The standard InChI is InChI=1S/C18H24O4/c1-4-10-19-17-13(3)12(2)16-15(21-17)11-20-18(22-16)14-8-6-5-7-9-14/h4-9,12-13,15-18H,1,10-11H2,2-3H3/t12-,13?,15?,16+,17?,18?/m1/s1. The quantitative estimate of drug-likeness (QED) is 0.800. The predicted octanol–water partition coefficient (Wildman–Crippen LogP) is 3.30. The summed E-state index contributed by atoms with van der Waals surface area (Å²) in [5, 5.41) is 0. The average molecular weight is 304 g/mol. The predicted molar refractivity (Wildman–Crippen MR) is 83.1 cm³/mol. The van der Waals surface area contributed by atoms with Crippen molar-refractivity contribution in [2.24, 2.45) is 11.8 Å². The molecular weight excluding hydrogens is 280 g/mol. The number of hydrogen-bond acceptors (Lipinski definition) is 4. The Hall–Kier alpha value is -1.20. The van der Waals surface area contributed by atoms with E-state index in [2.05, 4.69) is 20.4 Å². The van der Waals surface area contributed by atoms with Crippen LogP contribution in [-0.4, -0.2) is 31.7 Å². The second kappa shape index (κ2) is 6.92. The molecule has 2 saturated heterocycles. The molecule has 6 atom stereocenters. The molecule has 4 nitrogen and oxygen atoms in total. The van der Waals surface area contributed by atoms with E-state index in [1.54, 1.807) is 6.08 Å². The van der Waals surface area contributed by atoms with Gasteiger partial charge in [0.1, 0.15) is 6.10 Å². The largest absolute Gasteiger partial charge is 0.348 e. The zero-order valence-electron chi connectivity index (χ0n) is 13.2. The van der Waals surface area contributed by atoms with Gasteiger partial charge in [0.2, 0.25) is 0 Å². The lowest BCUT2D eigenvalue weighted by Gasteiger charge is -2.47. The van der Waals surface area contributed by atoms with Crippen LogP contribution in [0.3, 0.4) is 0 Å². The molecule has 2 fully saturated rings. The van der Waals surface area contributed by atoms with Crippen molar-refractivity contribution >= 4 is 0 Å². The van der Waals surface area contributed by atoms with Crippen LogP contribution in [0, 0.1) is 11.8 Å². The van der Waals surface area contributed by atoms with E-state index in [0.29, 0.717) is 19.1 Å². The zero-order valence-corrected chi connectivity index (χ0v) is 13.2. The molecule has 2 aliphatic heterocycles. The Kier molecular flexibility index (Phi) is 4.93. The zero-order chi connectivity index (χ0) is 15.5. The molecule has 3 rings (SSSR count). The second-order valence-corrected chi connectivity index (χ2v) is 6.06. The van der Waals surface area contributed by atoms with Gasteiger partial charge in [-0.15, -0.1) is 6.58 Å². The van der Waals surface area contributed by atoms with E-state index >= 15 is 0 Å². The first-order valence-electron chi connectivity index (χ1n) is 7.90. The van der Waals surface area contributed by atoms with Gasteiger partial charge in [-0.25, -0.2) is 0 Å². The molecule has 2 aliphatic rings. The molecule has 1 aromatic rings. The van der Waals surface area contributed by atoms with Crippen molar-refractivity contribution in [3.63, 3.8) is 0 Å². The fourth-order valence-corrected chi connectivity index (χ4v) is 3.11. The minimum Gasteiger partial charge on any atom is -0.348 e. The average Bonchev–Trinajstić information content (AvgIpc) is 2.57. The van der Waals surface area contributed by atoms with E-state index in [4.69, 9.17) is 18.9 Å². The number of hydrogen-bond donors (Lipinski definition) is 0. The molecule has 0 spiro atoms. The fraction of sp³-hybridized carbons (Fsp3) is 0.556. The van der Waals surface area contributed by atoms with Crippen molar-refractivity contribution in [2.75, 3.05) is 13.2 Å². The van der Waals surface area contributed by atoms with Crippen LogP contribution < -0.4 is 0 Å². The number of rotatable bonds is 4. The van der Waals surface area contributed by atoms with Crippen LogP contribution >= 0.6 is 0 Å². The van der Waals surface area contributed by atoms with Gasteiger partial charge in [-0.05, 0) is 5.92 Å². The van der Waals surface area contributed by atoms with Crippen LogP contribution in [-0.2, 0) is 18.9 Å². The van der Waals surface area contributed by atoms with Crippen molar-refractivity contribution in [3.05, 3.63) is 48.6 Å². The van der Waals surface area contributed by atoms with Gasteiger partial charge in [-0.3, -0.25) is 0 Å². The van der Waals surface area contributed by atoms with E-state index in [1.165, 1.54) is 0 Å². The molecule has 22 heavy (non-hydrogen) atoms. The van der Waals surface area contributed by atoms with Crippen LogP contribution in [0.5, 0.6) is 0 Å². The van der Waals surface area contributed by atoms with E-state index in [0.717, 1.165) is 5.56 Å².